The molecule has 0 aliphatic rings. The SMILES string of the molecule is COc1ccc(/C=C/CNB(C)O)c(C=O)c1O. The van der Waals surface area contributed by atoms with E-state index in [-0.39, 0.29) is 17.1 Å². The molecule has 96 valence electrons. The van der Waals surface area contributed by atoms with E-state index in [4.69, 9.17) is 9.76 Å². The first kappa shape index (κ1) is 14.3. The number of nitrogens with one attached hydrogen (secondary N) is 1. The van der Waals surface area contributed by atoms with Gasteiger partial charge in [-0.25, -0.2) is 0 Å². The highest BCUT2D eigenvalue weighted by Crippen LogP contribution is 2.31. The van der Waals surface area contributed by atoms with Crippen molar-refractivity contribution in [3.63, 3.8) is 0 Å². The number of carbonyl (C=O) groups excluding carboxylic acids is 1. The minimum absolute atomic E-state index is 0.168. The van der Waals surface area contributed by atoms with E-state index in [2.05, 4.69) is 5.23 Å². The molecule has 18 heavy (non-hydrogen) atoms. The second kappa shape index (κ2) is 6.83. The highest BCUT2D eigenvalue weighted by atomic mass is 16.5. The molecule has 0 atom stereocenters. The Kier molecular flexibility index (Phi) is 5.42. The average molecular weight is 249 g/mol. The highest BCUT2D eigenvalue weighted by Gasteiger charge is 2.10. The molecule has 0 fully saturated rings. The number of methoxy groups -OCH3 is 1. The van der Waals surface area contributed by atoms with Gasteiger partial charge in [-0.2, -0.15) is 0 Å². The summed E-state index contributed by atoms with van der Waals surface area (Å²) >= 11 is 0. The fraction of sp³-hybridized carbons (Fsp3) is 0.250. The lowest BCUT2D eigenvalue weighted by Gasteiger charge is -2.07. The summed E-state index contributed by atoms with van der Waals surface area (Å²) in [6, 6.07) is 3.27. The van der Waals surface area contributed by atoms with Crippen LogP contribution in [-0.2, 0) is 0 Å². The van der Waals surface area contributed by atoms with Gasteiger partial charge in [-0.1, -0.05) is 18.2 Å². The van der Waals surface area contributed by atoms with Crippen molar-refractivity contribution in [2.24, 2.45) is 0 Å². The Hall–Kier alpha value is -1.79. The Balaban J connectivity index is 2.89. The van der Waals surface area contributed by atoms with Crippen LogP contribution in [0.2, 0.25) is 6.82 Å². The topological polar surface area (TPSA) is 78.8 Å². The summed E-state index contributed by atoms with van der Waals surface area (Å²) in [5.74, 6) is 0.0921. The normalized spacial score (nSPS) is 10.6. The summed E-state index contributed by atoms with van der Waals surface area (Å²) in [4.78, 5) is 11.0. The summed E-state index contributed by atoms with van der Waals surface area (Å²) in [7, 11) is 0.829. The van der Waals surface area contributed by atoms with Gasteiger partial charge in [0.1, 0.15) is 0 Å². The van der Waals surface area contributed by atoms with Crippen LogP contribution in [0.5, 0.6) is 11.5 Å². The van der Waals surface area contributed by atoms with Crippen LogP contribution in [0.15, 0.2) is 18.2 Å². The van der Waals surface area contributed by atoms with Gasteiger partial charge in [0.25, 0.3) is 0 Å². The molecule has 0 amide bonds. The molecule has 0 radical (unpaired) electrons. The van der Waals surface area contributed by atoms with Crippen molar-refractivity contribution in [2.75, 3.05) is 13.7 Å². The summed E-state index contributed by atoms with van der Waals surface area (Å²) in [5.41, 5.74) is 0.776. The van der Waals surface area contributed by atoms with Gasteiger partial charge in [0.05, 0.1) is 12.7 Å². The minimum atomic E-state index is -0.593. The molecular weight excluding hydrogens is 233 g/mol. The third-order valence-corrected chi connectivity index (χ3v) is 2.38. The van der Waals surface area contributed by atoms with Crippen molar-refractivity contribution in [3.05, 3.63) is 29.3 Å². The first-order chi connectivity index (χ1) is 8.60. The Morgan fingerprint density at radius 3 is 2.78 bits per heavy atom. The van der Waals surface area contributed by atoms with E-state index in [1.165, 1.54) is 7.11 Å². The van der Waals surface area contributed by atoms with Crippen molar-refractivity contribution in [3.8, 4) is 11.5 Å². The number of aldehydes is 1. The molecule has 0 aliphatic heterocycles. The number of hydrogen-bond donors (Lipinski definition) is 3. The smallest absolute Gasteiger partial charge is 0.373 e. The van der Waals surface area contributed by atoms with E-state index < -0.39 is 7.05 Å². The molecule has 0 aromatic heterocycles. The Bertz CT molecular complexity index is 446. The molecular formula is C12H16BNO4. The van der Waals surface area contributed by atoms with Crippen LogP contribution in [0.1, 0.15) is 15.9 Å². The van der Waals surface area contributed by atoms with Crippen LogP contribution in [0.25, 0.3) is 6.08 Å². The lowest BCUT2D eigenvalue weighted by molar-refractivity contribution is 0.112. The van der Waals surface area contributed by atoms with Gasteiger partial charge in [-0.15, -0.1) is 0 Å². The third kappa shape index (κ3) is 3.61. The second-order valence-electron chi connectivity index (χ2n) is 3.72. The molecule has 0 unspecified atom stereocenters. The number of hydrogen-bond acceptors (Lipinski definition) is 5. The van der Waals surface area contributed by atoms with E-state index in [1.807, 2.05) is 0 Å². The molecule has 5 nitrogen and oxygen atoms in total. The van der Waals surface area contributed by atoms with E-state index >= 15 is 0 Å². The number of ether oxygens (including phenoxy) is 1. The molecule has 0 spiro atoms. The zero-order chi connectivity index (χ0) is 13.5. The van der Waals surface area contributed by atoms with Crippen molar-refractivity contribution in [1.82, 2.24) is 5.23 Å². The van der Waals surface area contributed by atoms with Crippen molar-refractivity contribution in [2.45, 2.75) is 6.82 Å². The van der Waals surface area contributed by atoms with Crippen molar-refractivity contribution in [1.29, 1.82) is 0 Å². The lowest BCUT2D eigenvalue weighted by atomic mass is 9.89. The lowest BCUT2D eigenvalue weighted by Crippen LogP contribution is -2.30. The molecule has 3 N–H and O–H groups in total. The zero-order valence-electron chi connectivity index (χ0n) is 10.4. The number of phenols is 1. The monoisotopic (exact) mass is 249 g/mol. The van der Waals surface area contributed by atoms with E-state index in [1.54, 1.807) is 31.1 Å². The van der Waals surface area contributed by atoms with Gasteiger partial charge >= 0.3 is 7.05 Å². The Labute approximate surface area is 106 Å². The molecule has 6 heteroatoms. The standard InChI is InChI=1S/C12H16BNO4/c1-13(17)14-7-3-4-9-5-6-11(18-2)12(16)10(9)8-15/h3-6,8,14,16-17H,7H2,1-2H3/b4-3+. The van der Waals surface area contributed by atoms with Crippen LogP contribution in [0.4, 0.5) is 0 Å². The molecule has 1 aromatic rings. The van der Waals surface area contributed by atoms with Gasteiger partial charge in [-0.05, 0) is 18.5 Å². The summed E-state index contributed by atoms with van der Waals surface area (Å²) in [5, 5.41) is 21.6. The molecule has 1 rings (SSSR count). The maximum absolute atomic E-state index is 11.0. The predicted molar refractivity (Wildman–Crippen MR) is 70.9 cm³/mol. The van der Waals surface area contributed by atoms with E-state index in [0.717, 1.165) is 0 Å². The fourth-order valence-electron chi connectivity index (χ4n) is 1.46. The van der Waals surface area contributed by atoms with Gasteiger partial charge in [-0.3, -0.25) is 4.79 Å². The summed E-state index contributed by atoms with van der Waals surface area (Å²) < 4.78 is 4.92. The van der Waals surface area contributed by atoms with Gasteiger partial charge < -0.3 is 20.1 Å². The fourth-order valence-corrected chi connectivity index (χ4v) is 1.46. The first-order valence-corrected chi connectivity index (χ1v) is 5.53. The van der Waals surface area contributed by atoms with Gasteiger partial charge in [0.15, 0.2) is 17.8 Å². The minimum Gasteiger partial charge on any atom is -0.504 e. The predicted octanol–water partition coefficient (Wildman–Crippen LogP) is 0.926. The van der Waals surface area contributed by atoms with Crippen LogP contribution >= 0.6 is 0 Å². The van der Waals surface area contributed by atoms with Crippen LogP contribution in [0, 0.1) is 0 Å². The van der Waals surface area contributed by atoms with Gasteiger partial charge in [0.2, 0.25) is 0 Å². The largest absolute Gasteiger partial charge is 0.504 e. The van der Waals surface area contributed by atoms with Gasteiger partial charge in [0, 0.05) is 6.54 Å². The Morgan fingerprint density at radius 2 is 2.22 bits per heavy atom. The third-order valence-electron chi connectivity index (χ3n) is 2.38. The summed E-state index contributed by atoms with van der Waals surface area (Å²) in [6.07, 6.45) is 4.03. The molecule has 0 heterocycles. The highest BCUT2D eigenvalue weighted by molar-refractivity contribution is 6.45. The van der Waals surface area contributed by atoms with Crippen molar-refractivity contribution < 1.29 is 19.7 Å². The molecule has 0 aliphatic carbocycles. The summed E-state index contributed by atoms with van der Waals surface area (Å²) in [6.45, 7) is 2.08. The molecule has 0 bridgehead atoms. The second-order valence-corrected chi connectivity index (χ2v) is 3.72. The van der Waals surface area contributed by atoms with Crippen molar-refractivity contribution >= 4 is 19.4 Å². The first-order valence-electron chi connectivity index (χ1n) is 5.53. The number of aromatic hydroxyl groups is 1. The maximum Gasteiger partial charge on any atom is 0.373 e. The number of rotatable bonds is 6. The molecule has 0 saturated heterocycles. The quantitative estimate of drug-likeness (QED) is 0.516. The zero-order valence-corrected chi connectivity index (χ0v) is 10.4. The van der Waals surface area contributed by atoms with Crippen LogP contribution in [0.3, 0.4) is 0 Å². The maximum atomic E-state index is 11.0. The van der Waals surface area contributed by atoms with E-state index in [9.17, 15) is 9.90 Å². The average Bonchev–Trinajstić information content (AvgIpc) is 2.34. The molecule has 0 saturated carbocycles. The molecule has 1 aromatic carbocycles. The van der Waals surface area contributed by atoms with Crippen LogP contribution in [-0.4, -0.2) is 37.1 Å². The van der Waals surface area contributed by atoms with Crippen LogP contribution < -0.4 is 9.96 Å². The number of benzene rings is 1. The Morgan fingerprint density at radius 1 is 1.50 bits per heavy atom. The number of carbonyl (C=O) groups is 1. The number of phenolic OH excluding ortho intramolecular Hbond substituents is 1. The van der Waals surface area contributed by atoms with E-state index in [0.29, 0.717) is 18.4 Å².